The minimum absolute atomic E-state index is 0.0326. The van der Waals surface area contributed by atoms with E-state index in [1.54, 1.807) is 6.92 Å². The van der Waals surface area contributed by atoms with Crippen molar-refractivity contribution in [2.75, 3.05) is 26.2 Å². The number of ether oxygens (including phenoxy) is 1. The normalized spacial score (nSPS) is 18.0. The third-order valence-electron chi connectivity index (χ3n) is 4.18. The predicted octanol–water partition coefficient (Wildman–Crippen LogP) is 1.54. The molecule has 0 saturated carbocycles. The number of amides is 2. The Labute approximate surface area is 146 Å². The van der Waals surface area contributed by atoms with E-state index in [2.05, 4.69) is 29.4 Å². The van der Waals surface area contributed by atoms with Gasteiger partial charge in [-0.25, -0.2) is 0 Å². The van der Waals surface area contributed by atoms with Crippen LogP contribution >= 0.6 is 0 Å². The smallest absolute Gasteiger partial charge is 0.249 e. The minimum atomic E-state index is -0.404. The van der Waals surface area contributed by atoms with Gasteiger partial charge in [0.05, 0.1) is 6.54 Å². The second-order valence-corrected chi connectivity index (χ2v) is 7.48. The average molecular weight is 341 g/mol. The quantitative estimate of drug-likeness (QED) is 0.667. The van der Waals surface area contributed by atoms with Crippen molar-refractivity contribution in [3.05, 3.63) is 0 Å². The molecule has 1 heterocycles. The molecule has 1 aliphatic heterocycles. The molecule has 2 N–H and O–H groups in total. The molecule has 0 aromatic rings. The number of carbonyl (C=O) groups is 2. The Kier molecular flexibility index (Phi) is 9.29. The lowest BCUT2D eigenvalue weighted by atomic mass is 10.0. The minimum Gasteiger partial charge on any atom is -0.369 e. The molecule has 0 bridgehead atoms. The van der Waals surface area contributed by atoms with E-state index in [4.69, 9.17) is 4.74 Å². The Morgan fingerprint density at radius 2 is 1.75 bits per heavy atom. The molecular formula is C18H35N3O3. The fraction of sp³-hybridized carbons (Fsp3) is 0.889. The van der Waals surface area contributed by atoms with Crippen LogP contribution in [0.3, 0.4) is 0 Å². The van der Waals surface area contributed by atoms with Crippen LogP contribution in [-0.2, 0) is 14.3 Å². The Morgan fingerprint density at radius 1 is 1.12 bits per heavy atom. The summed E-state index contributed by atoms with van der Waals surface area (Å²) >= 11 is 0. The number of likely N-dealkylation sites (tertiary alicyclic amines) is 1. The molecule has 24 heavy (non-hydrogen) atoms. The second-order valence-electron chi connectivity index (χ2n) is 7.48. The van der Waals surface area contributed by atoms with Crippen LogP contribution in [0.5, 0.6) is 0 Å². The molecule has 0 spiro atoms. The maximum absolute atomic E-state index is 12.2. The van der Waals surface area contributed by atoms with Crippen molar-refractivity contribution in [1.82, 2.24) is 15.5 Å². The van der Waals surface area contributed by atoms with Crippen molar-refractivity contribution in [2.24, 2.45) is 5.92 Å². The van der Waals surface area contributed by atoms with E-state index in [1.807, 2.05) is 13.8 Å². The van der Waals surface area contributed by atoms with E-state index in [-0.39, 0.29) is 23.9 Å². The second kappa shape index (κ2) is 10.7. The molecule has 1 rings (SSSR count). The van der Waals surface area contributed by atoms with E-state index >= 15 is 0 Å². The highest BCUT2D eigenvalue weighted by Gasteiger charge is 2.24. The molecule has 0 aromatic carbocycles. The van der Waals surface area contributed by atoms with Gasteiger partial charge in [-0.1, -0.05) is 13.8 Å². The molecule has 1 atom stereocenters. The zero-order valence-corrected chi connectivity index (χ0v) is 15.9. The summed E-state index contributed by atoms with van der Waals surface area (Å²) in [6, 6.07) is 0.351. The third kappa shape index (κ3) is 8.64. The van der Waals surface area contributed by atoms with Gasteiger partial charge in [-0.2, -0.15) is 0 Å². The number of hydrogen-bond donors (Lipinski definition) is 2. The Hall–Kier alpha value is -1.14. The van der Waals surface area contributed by atoms with E-state index in [0.29, 0.717) is 19.1 Å². The summed E-state index contributed by atoms with van der Waals surface area (Å²) in [5.74, 6) is 0.618. The lowest BCUT2D eigenvalue weighted by Crippen LogP contribution is -2.49. The van der Waals surface area contributed by atoms with Crippen molar-refractivity contribution >= 4 is 11.8 Å². The van der Waals surface area contributed by atoms with Crippen LogP contribution in [0, 0.1) is 5.92 Å². The van der Waals surface area contributed by atoms with Crippen molar-refractivity contribution in [3.8, 4) is 0 Å². The largest absolute Gasteiger partial charge is 0.369 e. The molecule has 0 aromatic heterocycles. The fourth-order valence-corrected chi connectivity index (χ4v) is 2.68. The molecule has 1 fully saturated rings. The van der Waals surface area contributed by atoms with Crippen molar-refractivity contribution in [1.29, 1.82) is 0 Å². The Morgan fingerprint density at radius 3 is 2.29 bits per heavy atom. The number of carbonyl (C=O) groups excluding carboxylic acids is 2. The van der Waals surface area contributed by atoms with Crippen molar-refractivity contribution in [3.63, 3.8) is 0 Å². The molecule has 140 valence electrons. The number of nitrogens with zero attached hydrogens (tertiary/aromatic N) is 1. The van der Waals surface area contributed by atoms with E-state index in [9.17, 15) is 9.59 Å². The van der Waals surface area contributed by atoms with Gasteiger partial charge in [-0.15, -0.1) is 0 Å². The van der Waals surface area contributed by atoms with Gasteiger partial charge in [0.1, 0.15) is 6.10 Å². The maximum atomic E-state index is 12.2. The fourth-order valence-electron chi connectivity index (χ4n) is 2.68. The van der Waals surface area contributed by atoms with Crippen LogP contribution in [0.2, 0.25) is 0 Å². The number of piperidine rings is 1. The highest BCUT2D eigenvalue weighted by atomic mass is 16.5. The first-order valence-corrected chi connectivity index (χ1v) is 9.21. The van der Waals surface area contributed by atoms with Crippen molar-refractivity contribution in [2.45, 2.75) is 72.1 Å². The van der Waals surface area contributed by atoms with Gasteiger partial charge in [-0.05, 0) is 46.0 Å². The standard InChI is InChI=1S/C18H35N3O3/c1-13(2)8-11-24-15(5)18(23)20-16-6-9-21(10-7-16)12-17(22)19-14(3)4/h13-16H,6-12H2,1-5H3,(H,19,22)(H,20,23)/t15-/m1/s1. The topological polar surface area (TPSA) is 70.7 Å². The molecule has 1 saturated heterocycles. The monoisotopic (exact) mass is 341 g/mol. The zero-order valence-electron chi connectivity index (χ0n) is 15.9. The summed E-state index contributed by atoms with van der Waals surface area (Å²) < 4.78 is 5.59. The number of rotatable bonds is 9. The van der Waals surface area contributed by atoms with Gasteiger partial charge in [0, 0.05) is 31.8 Å². The average Bonchev–Trinajstić information content (AvgIpc) is 2.47. The first-order chi connectivity index (χ1) is 11.3. The highest BCUT2D eigenvalue weighted by molar-refractivity contribution is 5.80. The summed E-state index contributed by atoms with van der Waals surface area (Å²) in [5, 5.41) is 5.98. The van der Waals surface area contributed by atoms with E-state index in [1.165, 1.54) is 0 Å². The summed E-state index contributed by atoms with van der Waals surface area (Å²) in [4.78, 5) is 26.1. The van der Waals surface area contributed by atoms with Crippen LogP contribution in [0.25, 0.3) is 0 Å². The third-order valence-corrected chi connectivity index (χ3v) is 4.18. The maximum Gasteiger partial charge on any atom is 0.249 e. The van der Waals surface area contributed by atoms with E-state index in [0.717, 1.165) is 32.4 Å². The molecule has 6 nitrogen and oxygen atoms in total. The Bertz CT molecular complexity index is 391. The molecule has 0 radical (unpaired) electrons. The number of nitrogens with one attached hydrogen (secondary N) is 2. The molecule has 1 aliphatic rings. The highest BCUT2D eigenvalue weighted by Crippen LogP contribution is 2.11. The van der Waals surface area contributed by atoms with Crippen LogP contribution in [-0.4, -0.2) is 61.1 Å². The van der Waals surface area contributed by atoms with Gasteiger partial charge in [0.15, 0.2) is 0 Å². The van der Waals surface area contributed by atoms with Gasteiger partial charge in [-0.3, -0.25) is 14.5 Å². The number of hydrogen-bond acceptors (Lipinski definition) is 4. The lowest BCUT2D eigenvalue weighted by Gasteiger charge is -2.32. The first kappa shape index (κ1) is 20.9. The summed E-state index contributed by atoms with van der Waals surface area (Å²) in [5.41, 5.74) is 0. The first-order valence-electron chi connectivity index (χ1n) is 9.21. The molecule has 0 aliphatic carbocycles. The van der Waals surface area contributed by atoms with Gasteiger partial charge >= 0.3 is 0 Å². The zero-order chi connectivity index (χ0) is 18.1. The summed E-state index contributed by atoms with van der Waals surface area (Å²) in [7, 11) is 0. The van der Waals surface area contributed by atoms with Crippen LogP contribution in [0.1, 0.15) is 53.9 Å². The molecular weight excluding hydrogens is 306 g/mol. The summed E-state index contributed by atoms with van der Waals surface area (Å²) in [6.07, 6.45) is 2.31. The van der Waals surface area contributed by atoms with Crippen molar-refractivity contribution < 1.29 is 14.3 Å². The SMILES string of the molecule is CC(C)CCO[C@H](C)C(=O)NC1CCN(CC(=O)NC(C)C)CC1. The van der Waals surface area contributed by atoms with Gasteiger partial charge < -0.3 is 15.4 Å². The predicted molar refractivity (Wildman–Crippen MR) is 95.8 cm³/mol. The summed E-state index contributed by atoms with van der Waals surface area (Å²) in [6.45, 7) is 12.7. The van der Waals surface area contributed by atoms with Crippen LogP contribution in [0.15, 0.2) is 0 Å². The Balaban J connectivity index is 2.22. The van der Waals surface area contributed by atoms with Gasteiger partial charge in [0.25, 0.3) is 0 Å². The van der Waals surface area contributed by atoms with Gasteiger partial charge in [0.2, 0.25) is 11.8 Å². The lowest BCUT2D eigenvalue weighted by molar-refractivity contribution is -0.133. The van der Waals surface area contributed by atoms with E-state index < -0.39 is 6.10 Å². The van der Waals surface area contributed by atoms with Crippen LogP contribution in [0.4, 0.5) is 0 Å². The molecule has 6 heteroatoms. The molecule has 0 unspecified atom stereocenters. The molecule has 2 amide bonds. The van der Waals surface area contributed by atoms with Crippen LogP contribution < -0.4 is 10.6 Å².